The number of hydrogen-bond acceptors (Lipinski definition) is 3. The standard InChI is InChI=1S/C22H18O2S2/c23-22(24)21(26-19-14-8-3-9-15-19)16-20(17-10-4-1-5-11-17)25-18-12-6-2-7-13-18/h1-16,21H,(H,23,24)/b20-16-. The first-order chi connectivity index (χ1) is 12.7. The summed E-state index contributed by atoms with van der Waals surface area (Å²) in [6.07, 6.45) is 1.84. The number of hydrogen-bond donors (Lipinski definition) is 1. The van der Waals surface area contributed by atoms with Crippen LogP contribution in [0.3, 0.4) is 0 Å². The molecule has 1 atom stereocenters. The summed E-state index contributed by atoms with van der Waals surface area (Å²) in [6.45, 7) is 0. The van der Waals surface area contributed by atoms with E-state index in [9.17, 15) is 9.90 Å². The van der Waals surface area contributed by atoms with Gasteiger partial charge in [0.1, 0.15) is 5.25 Å². The minimum Gasteiger partial charge on any atom is -0.480 e. The maximum absolute atomic E-state index is 11.8. The van der Waals surface area contributed by atoms with E-state index < -0.39 is 11.2 Å². The highest BCUT2D eigenvalue weighted by Crippen LogP contribution is 2.36. The molecule has 0 fully saturated rings. The molecule has 2 nitrogen and oxygen atoms in total. The maximum Gasteiger partial charge on any atom is 0.320 e. The molecular weight excluding hydrogens is 360 g/mol. The van der Waals surface area contributed by atoms with Crippen molar-refractivity contribution in [3.8, 4) is 0 Å². The third-order valence-corrected chi connectivity index (χ3v) is 5.82. The topological polar surface area (TPSA) is 37.3 Å². The van der Waals surface area contributed by atoms with Crippen LogP contribution in [0.4, 0.5) is 0 Å². The first kappa shape index (κ1) is 18.4. The van der Waals surface area contributed by atoms with Crippen molar-refractivity contribution in [3.63, 3.8) is 0 Å². The van der Waals surface area contributed by atoms with Gasteiger partial charge >= 0.3 is 5.97 Å². The number of benzene rings is 3. The van der Waals surface area contributed by atoms with Crippen LogP contribution < -0.4 is 0 Å². The van der Waals surface area contributed by atoms with Crippen molar-refractivity contribution < 1.29 is 9.90 Å². The molecule has 0 aromatic heterocycles. The van der Waals surface area contributed by atoms with Crippen molar-refractivity contribution in [1.29, 1.82) is 0 Å². The molecule has 0 amide bonds. The number of aliphatic carboxylic acids is 1. The van der Waals surface area contributed by atoms with Gasteiger partial charge in [-0.05, 0) is 35.9 Å². The Hall–Kier alpha value is -2.43. The van der Waals surface area contributed by atoms with Gasteiger partial charge in [0, 0.05) is 14.7 Å². The quantitative estimate of drug-likeness (QED) is 0.507. The van der Waals surface area contributed by atoms with Crippen molar-refractivity contribution in [1.82, 2.24) is 0 Å². The Balaban J connectivity index is 1.93. The molecule has 0 heterocycles. The molecule has 0 radical (unpaired) electrons. The summed E-state index contributed by atoms with van der Waals surface area (Å²) in [5, 5.41) is 9.06. The third kappa shape index (κ3) is 5.28. The summed E-state index contributed by atoms with van der Waals surface area (Å²) < 4.78 is 0. The molecule has 4 heteroatoms. The summed E-state index contributed by atoms with van der Waals surface area (Å²) >= 11 is 2.92. The van der Waals surface area contributed by atoms with Gasteiger partial charge in [0.15, 0.2) is 0 Å². The molecule has 1 unspecified atom stereocenters. The van der Waals surface area contributed by atoms with E-state index in [1.807, 2.05) is 97.1 Å². The second-order valence-corrected chi connectivity index (χ2v) is 7.83. The van der Waals surface area contributed by atoms with Crippen LogP contribution >= 0.6 is 23.5 Å². The van der Waals surface area contributed by atoms with Gasteiger partial charge in [-0.25, -0.2) is 0 Å². The molecule has 0 saturated carbocycles. The van der Waals surface area contributed by atoms with Crippen LogP contribution in [0.2, 0.25) is 0 Å². The van der Waals surface area contributed by atoms with Gasteiger partial charge in [-0.1, -0.05) is 78.5 Å². The van der Waals surface area contributed by atoms with Crippen LogP contribution in [0.5, 0.6) is 0 Å². The van der Waals surface area contributed by atoms with E-state index in [0.29, 0.717) is 0 Å². The number of carbonyl (C=O) groups is 1. The van der Waals surface area contributed by atoms with Crippen LogP contribution in [0.25, 0.3) is 4.91 Å². The van der Waals surface area contributed by atoms with Gasteiger partial charge in [0.2, 0.25) is 0 Å². The predicted molar refractivity (Wildman–Crippen MR) is 110 cm³/mol. The Morgan fingerprint density at radius 3 is 1.81 bits per heavy atom. The zero-order valence-corrected chi connectivity index (χ0v) is 15.6. The van der Waals surface area contributed by atoms with Gasteiger partial charge < -0.3 is 5.11 Å². The van der Waals surface area contributed by atoms with Gasteiger partial charge in [0.25, 0.3) is 0 Å². The highest BCUT2D eigenvalue weighted by molar-refractivity contribution is 8.08. The Labute approximate surface area is 162 Å². The zero-order chi connectivity index (χ0) is 18.2. The van der Waals surface area contributed by atoms with E-state index in [2.05, 4.69) is 0 Å². The van der Waals surface area contributed by atoms with Crippen LogP contribution in [-0.2, 0) is 4.79 Å². The van der Waals surface area contributed by atoms with Gasteiger partial charge in [-0.2, -0.15) is 0 Å². The lowest BCUT2D eigenvalue weighted by molar-refractivity contribution is -0.135. The maximum atomic E-state index is 11.8. The minimum absolute atomic E-state index is 0.663. The lowest BCUT2D eigenvalue weighted by Crippen LogP contribution is -2.13. The van der Waals surface area contributed by atoms with E-state index in [4.69, 9.17) is 0 Å². The first-order valence-corrected chi connectivity index (χ1v) is 9.86. The molecule has 0 aliphatic carbocycles. The lowest BCUT2D eigenvalue weighted by atomic mass is 10.2. The average Bonchev–Trinajstić information content (AvgIpc) is 2.69. The van der Waals surface area contributed by atoms with Crippen LogP contribution in [0.15, 0.2) is 107 Å². The fraction of sp³-hybridized carbons (Fsp3) is 0.0455. The number of carboxylic acid groups (broad SMARTS) is 1. The predicted octanol–water partition coefficient (Wildman–Crippen LogP) is 6.07. The molecule has 130 valence electrons. The Bertz CT molecular complexity index is 862. The van der Waals surface area contributed by atoms with Gasteiger partial charge in [-0.15, -0.1) is 11.8 Å². The normalized spacial score (nSPS) is 12.5. The van der Waals surface area contributed by atoms with Crippen LogP contribution in [0.1, 0.15) is 5.56 Å². The molecule has 0 bridgehead atoms. The number of carboxylic acids is 1. The van der Waals surface area contributed by atoms with Crippen molar-refractivity contribution in [2.45, 2.75) is 15.0 Å². The van der Waals surface area contributed by atoms with Gasteiger partial charge in [0.05, 0.1) is 0 Å². The Kier molecular flexibility index (Phi) is 6.58. The summed E-state index contributed by atoms with van der Waals surface area (Å²) in [6, 6.07) is 29.5. The second kappa shape index (κ2) is 9.32. The highest BCUT2D eigenvalue weighted by Gasteiger charge is 2.18. The van der Waals surface area contributed by atoms with Crippen LogP contribution in [0, 0.1) is 0 Å². The fourth-order valence-electron chi connectivity index (χ4n) is 2.35. The summed E-state index contributed by atoms with van der Waals surface area (Å²) in [7, 11) is 0. The zero-order valence-electron chi connectivity index (χ0n) is 14.0. The van der Waals surface area contributed by atoms with E-state index >= 15 is 0 Å². The second-order valence-electron chi connectivity index (χ2n) is 5.50. The summed E-state index contributed by atoms with van der Waals surface area (Å²) in [5.74, 6) is -0.846. The van der Waals surface area contributed by atoms with Crippen molar-refractivity contribution in [2.24, 2.45) is 0 Å². The van der Waals surface area contributed by atoms with Crippen molar-refractivity contribution in [2.75, 3.05) is 0 Å². The van der Waals surface area contributed by atoms with E-state index in [1.54, 1.807) is 11.8 Å². The Morgan fingerprint density at radius 2 is 1.27 bits per heavy atom. The van der Waals surface area contributed by atoms with Crippen molar-refractivity contribution >= 4 is 34.4 Å². The monoisotopic (exact) mass is 378 g/mol. The molecule has 3 rings (SSSR count). The third-order valence-electron chi connectivity index (χ3n) is 3.58. The van der Waals surface area contributed by atoms with Crippen LogP contribution in [-0.4, -0.2) is 16.3 Å². The SMILES string of the molecule is O=C(O)C(/C=C(\Sc1ccccc1)c1ccccc1)Sc1ccccc1. The number of thioether (sulfide) groups is 2. The molecule has 0 spiro atoms. The highest BCUT2D eigenvalue weighted by atomic mass is 32.2. The summed E-state index contributed by atoms with van der Waals surface area (Å²) in [5.41, 5.74) is 1.02. The molecule has 1 N–H and O–H groups in total. The van der Waals surface area contributed by atoms with E-state index in [-0.39, 0.29) is 0 Å². The largest absolute Gasteiger partial charge is 0.480 e. The fourth-order valence-corrected chi connectivity index (χ4v) is 4.35. The molecule has 26 heavy (non-hydrogen) atoms. The summed E-state index contributed by atoms with van der Waals surface area (Å²) in [4.78, 5) is 14.8. The van der Waals surface area contributed by atoms with E-state index in [0.717, 1.165) is 20.3 Å². The first-order valence-electron chi connectivity index (χ1n) is 8.17. The molecule has 3 aromatic rings. The molecular formula is C22H18O2S2. The number of rotatable bonds is 7. The lowest BCUT2D eigenvalue weighted by Gasteiger charge is -2.13. The molecule has 0 aliphatic rings. The molecule has 3 aromatic carbocycles. The van der Waals surface area contributed by atoms with E-state index in [1.165, 1.54) is 11.8 Å². The smallest absolute Gasteiger partial charge is 0.320 e. The average molecular weight is 379 g/mol. The molecule has 0 saturated heterocycles. The van der Waals surface area contributed by atoms with Gasteiger partial charge in [-0.3, -0.25) is 4.79 Å². The Morgan fingerprint density at radius 1 is 0.769 bits per heavy atom. The molecule has 0 aliphatic heterocycles. The van der Waals surface area contributed by atoms with Crippen molar-refractivity contribution in [3.05, 3.63) is 103 Å². The minimum atomic E-state index is -0.846.